The van der Waals surface area contributed by atoms with Gasteiger partial charge in [0.05, 0.1) is 12.3 Å². The molecule has 2 aromatic heterocycles. The standard InChI is InChI=1S/C23H21NO4/c1-2-15-11-18-17(12-22(26)28-21(18)13-19(15)25)14-24-23(20-9-6-10-27-20)16-7-4-3-5-8-16/h3-13,23-25H,2,14H2,1H3/t23-/m1/s1. The van der Waals surface area contributed by atoms with Crippen LogP contribution in [0.4, 0.5) is 0 Å². The fraction of sp³-hybridized carbons (Fsp3) is 0.174. The maximum absolute atomic E-state index is 12.0. The molecule has 0 saturated heterocycles. The molecular formula is C23H21NO4. The molecule has 0 aliphatic rings. The lowest BCUT2D eigenvalue weighted by atomic mass is 10.0. The van der Waals surface area contributed by atoms with Crippen molar-refractivity contribution in [3.8, 4) is 5.75 Å². The maximum Gasteiger partial charge on any atom is 0.336 e. The molecule has 0 fully saturated rings. The lowest BCUT2D eigenvalue weighted by Crippen LogP contribution is -2.22. The molecule has 0 saturated carbocycles. The van der Waals surface area contributed by atoms with Crippen LogP contribution in [0.3, 0.4) is 0 Å². The summed E-state index contributed by atoms with van der Waals surface area (Å²) in [7, 11) is 0. The average molecular weight is 375 g/mol. The van der Waals surface area contributed by atoms with Gasteiger partial charge in [-0.15, -0.1) is 0 Å². The van der Waals surface area contributed by atoms with Gasteiger partial charge in [-0.05, 0) is 41.3 Å². The van der Waals surface area contributed by atoms with E-state index in [0.717, 1.165) is 27.8 Å². The molecule has 0 aliphatic heterocycles. The highest BCUT2D eigenvalue weighted by Crippen LogP contribution is 2.28. The van der Waals surface area contributed by atoms with E-state index in [9.17, 15) is 9.90 Å². The molecule has 0 amide bonds. The minimum absolute atomic E-state index is 0.140. The first-order valence-electron chi connectivity index (χ1n) is 9.26. The van der Waals surface area contributed by atoms with Crippen LogP contribution in [0.5, 0.6) is 5.75 Å². The summed E-state index contributed by atoms with van der Waals surface area (Å²) in [4.78, 5) is 12.0. The van der Waals surface area contributed by atoms with Crippen LogP contribution in [0.2, 0.25) is 0 Å². The van der Waals surface area contributed by atoms with Gasteiger partial charge in [-0.1, -0.05) is 37.3 Å². The number of hydrogen-bond acceptors (Lipinski definition) is 5. The summed E-state index contributed by atoms with van der Waals surface area (Å²) in [6.45, 7) is 2.41. The number of furan rings is 1. The van der Waals surface area contributed by atoms with Crippen molar-refractivity contribution in [3.63, 3.8) is 0 Å². The minimum Gasteiger partial charge on any atom is -0.508 e. The second kappa shape index (κ2) is 7.74. The summed E-state index contributed by atoms with van der Waals surface area (Å²) in [6.07, 6.45) is 2.34. The topological polar surface area (TPSA) is 75.6 Å². The summed E-state index contributed by atoms with van der Waals surface area (Å²) in [5, 5.41) is 14.4. The molecule has 142 valence electrons. The van der Waals surface area contributed by atoms with Crippen molar-refractivity contribution < 1.29 is 13.9 Å². The van der Waals surface area contributed by atoms with Crippen molar-refractivity contribution in [2.45, 2.75) is 25.9 Å². The molecule has 0 spiro atoms. The third-order valence-electron chi connectivity index (χ3n) is 4.87. The number of rotatable bonds is 6. The predicted molar refractivity (Wildman–Crippen MR) is 107 cm³/mol. The number of benzene rings is 2. The number of phenolic OH excluding ortho intramolecular Hbond substituents is 1. The van der Waals surface area contributed by atoms with E-state index in [1.165, 1.54) is 12.1 Å². The number of nitrogens with one attached hydrogen (secondary N) is 1. The SMILES string of the molecule is CCc1cc2c(CN[C@H](c3ccccc3)c3ccco3)cc(=O)oc2cc1O. The monoisotopic (exact) mass is 375 g/mol. The largest absolute Gasteiger partial charge is 0.508 e. The highest BCUT2D eigenvalue weighted by molar-refractivity contribution is 5.82. The van der Waals surface area contributed by atoms with E-state index in [2.05, 4.69) is 5.32 Å². The van der Waals surface area contributed by atoms with E-state index in [0.29, 0.717) is 18.5 Å². The first-order valence-corrected chi connectivity index (χ1v) is 9.26. The lowest BCUT2D eigenvalue weighted by Gasteiger charge is -2.18. The first kappa shape index (κ1) is 18.1. The molecule has 0 unspecified atom stereocenters. The summed E-state index contributed by atoms with van der Waals surface area (Å²) in [6, 6.07) is 18.5. The van der Waals surface area contributed by atoms with Crippen molar-refractivity contribution in [3.05, 3.63) is 99.8 Å². The van der Waals surface area contributed by atoms with E-state index in [1.54, 1.807) is 6.26 Å². The Hall–Kier alpha value is -3.31. The molecule has 2 aromatic carbocycles. The quantitative estimate of drug-likeness (QED) is 0.484. The Balaban J connectivity index is 1.71. The highest BCUT2D eigenvalue weighted by atomic mass is 16.4. The number of hydrogen-bond donors (Lipinski definition) is 2. The molecule has 28 heavy (non-hydrogen) atoms. The Labute approximate surface area is 162 Å². The van der Waals surface area contributed by atoms with Crippen LogP contribution in [0, 0.1) is 0 Å². The van der Waals surface area contributed by atoms with Gasteiger partial charge in [0.1, 0.15) is 17.1 Å². The zero-order chi connectivity index (χ0) is 19.5. The molecule has 1 atom stereocenters. The predicted octanol–water partition coefficient (Wildman–Crippen LogP) is 4.53. The molecule has 2 N–H and O–H groups in total. The van der Waals surface area contributed by atoms with Gasteiger partial charge >= 0.3 is 5.63 Å². The van der Waals surface area contributed by atoms with Crippen molar-refractivity contribution in [2.24, 2.45) is 0 Å². The molecule has 0 bridgehead atoms. The molecule has 5 nitrogen and oxygen atoms in total. The Morgan fingerprint density at radius 1 is 1.04 bits per heavy atom. The van der Waals surface area contributed by atoms with Crippen LogP contribution >= 0.6 is 0 Å². The normalized spacial score (nSPS) is 12.3. The zero-order valence-corrected chi connectivity index (χ0v) is 15.5. The van der Waals surface area contributed by atoms with E-state index in [-0.39, 0.29) is 11.8 Å². The van der Waals surface area contributed by atoms with E-state index in [4.69, 9.17) is 8.83 Å². The molecule has 4 aromatic rings. The molecular weight excluding hydrogens is 354 g/mol. The van der Waals surface area contributed by atoms with Crippen LogP contribution < -0.4 is 10.9 Å². The van der Waals surface area contributed by atoms with Crippen molar-refractivity contribution in [2.75, 3.05) is 0 Å². The molecule has 0 radical (unpaired) electrons. The van der Waals surface area contributed by atoms with Gasteiger partial charge in [0.15, 0.2) is 0 Å². The third-order valence-corrected chi connectivity index (χ3v) is 4.87. The fourth-order valence-corrected chi connectivity index (χ4v) is 3.43. The van der Waals surface area contributed by atoms with Gasteiger partial charge in [0, 0.05) is 24.1 Å². The van der Waals surface area contributed by atoms with Crippen LogP contribution in [-0.4, -0.2) is 5.11 Å². The van der Waals surface area contributed by atoms with Crippen LogP contribution in [-0.2, 0) is 13.0 Å². The smallest absolute Gasteiger partial charge is 0.336 e. The van der Waals surface area contributed by atoms with Gasteiger partial charge in [0.2, 0.25) is 0 Å². The highest BCUT2D eigenvalue weighted by Gasteiger charge is 2.17. The van der Waals surface area contributed by atoms with Crippen molar-refractivity contribution in [1.82, 2.24) is 5.32 Å². The van der Waals surface area contributed by atoms with Gasteiger partial charge < -0.3 is 13.9 Å². The summed E-state index contributed by atoms with van der Waals surface area (Å²) in [5.41, 5.74) is 2.63. The Bertz CT molecular complexity index is 1130. The van der Waals surface area contributed by atoms with Gasteiger partial charge in [-0.3, -0.25) is 5.32 Å². The molecule has 0 aliphatic carbocycles. The maximum atomic E-state index is 12.0. The first-order chi connectivity index (χ1) is 13.7. The lowest BCUT2D eigenvalue weighted by molar-refractivity contribution is 0.445. The second-order valence-electron chi connectivity index (χ2n) is 6.66. The van der Waals surface area contributed by atoms with Crippen molar-refractivity contribution >= 4 is 11.0 Å². The Morgan fingerprint density at radius 2 is 1.86 bits per heavy atom. The summed E-state index contributed by atoms with van der Waals surface area (Å²) >= 11 is 0. The molecule has 5 heteroatoms. The second-order valence-corrected chi connectivity index (χ2v) is 6.66. The van der Waals surface area contributed by atoms with Crippen LogP contribution in [0.15, 0.2) is 80.6 Å². The van der Waals surface area contributed by atoms with E-state index < -0.39 is 5.63 Å². The fourth-order valence-electron chi connectivity index (χ4n) is 3.43. The number of phenols is 1. The number of aryl methyl sites for hydroxylation is 1. The van der Waals surface area contributed by atoms with Gasteiger partial charge in [-0.25, -0.2) is 4.79 Å². The summed E-state index contributed by atoms with van der Waals surface area (Å²) < 4.78 is 10.9. The Kier molecular flexibility index (Phi) is 5.00. The minimum atomic E-state index is -0.442. The van der Waals surface area contributed by atoms with E-state index >= 15 is 0 Å². The van der Waals surface area contributed by atoms with Crippen molar-refractivity contribution in [1.29, 1.82) is 0 Å². The third kappa shape index (κ3) is 3.57. The number of aromatic hydroxyl groups is 1. The number of fused-ring (bicyclic) bond motifs is 1. The van der Waals surface area contributed by atoms with Gasteiger partial charge in [0.25, 0.3) is 0 Å². The van der Waals surface area contributed by atoms with Gasteiger partial charge in [-0.2, -0.15) is 0 Å². The zero-order valence-electron chi connectivity index (χ0n) is 15.5. The molecule has 4 rings (SSSR count). The average Bonchev–Trinajstić information content (AvgIpc) is 3.23. The van der Waals surface area contributed by atoms with Crippen LogP contribution in [0.25, 0.3) is 11.0 Å². The summed E-state index contributed by atoms with van der Waals surface area (Å²) in [5.74, 6) is 0.936. The van der Waals surface area contributed by atoms with E-state index in [1.807, 2.05) is 55.5 Å². The van der Waals surface area contributed by atoms with Crippen LogP contribution in [0.1, 0.15) is 35.4 Å². The molecule has 2 heterocycles. The Morgan fingerprint density at radius 3 is 2.57 bits per heavy atom.